The van der Waals surface area contributed by atoms with Crippen LogP contribution in [0.4, 0.5) is 4.79 Å². The number of piperidine rings is 1. The Bertz CT molecular complexity index is 706. The van der Waals surface area contributed by atoms with E-state index >= 15 is 0 Å². The maximum Gasteiger partial charge on any atom is 0.418 e. The summed E-state index contributed by atoms with van der Waals surface area (Å²) in [6.45, 7) is 1.58. The van der Waals surface area contributed by atoms with Crippen molar-refractivity contribution in [2.75, 3.05) is 19.6 Å². The van der Waals surface area contributed by atoms with E-state index in [0.717, 1.165) is 25.6 Å². The average molecular weight is 401 g/mol. The van der Waals surface area contributed by atoms with Gasteiger partial charge in [0.25, 0.3) is 7.41 Å². The molecule has 13 heteroatoms. The maximum absolute atomic E-state index is 12.7. The number of rotatable bonds is 6. The van der Waals surface area contributed by atoms with Gasteiger partial charge in [0.15, 0.2) is 0 Å². The monoisotopic (exact) mass is 401 g/mol. The standard InChI is InChI=1S/C14H22BN4O7S/c20-9-15-17-6-1-2-10(5-7-17)16-13(21)12-4-3-11-8-18(12)14(22)19(11)26-27(23,24)25/h9-12H,1-8H2,(H,16,21)(H,23,24,25)/t10-,11+,12-/m0/s1. The molecule has 3 heterocycles. The van der Waals surface area contributed by atoms with Crippen molar-refractivity contribution in [2.45, 2.75) is 50.2 Å². The number of urea groups is 1. The maximum atomic E-state index is 12.7. The zero-order valence-electron chi connectivity index (χ0n) is 14.7. The summed E-state index contributed by atoms with van der Waals surface area (Å²) >= 11 is 0. The predicted molar refractivity (Wildman–Crippen MR) is 93.2 cm³/mol. The summed E-state index contributed by atoms with van der Waals surface area (Å²) in [6, 6.07) is -2.02. The molecule has 2 N–H and O–H groups in total. The van der Waals surface area contributed by atoms with E-state index in [0.29, 0.717) is 30.9 Å². The van der Waals surface area contributed by atoms with Gasteiger partial charge in [-0.25, -0.2) is 4.79 Å². The van der Waals surface area contributed by atoms with Crippen molar-refractivity contribution in [3.8, 4) is 0 Å². The number of carbonyl (C=O) groups is 3. The fourth-order valence-corrected chi connectivity index (χ4v) is 4.29. The Morgan fingerprint density at radius 1 is 1.26 bits per heavy atom. The minimum atomic E-state index is -4.81. The van der Waals surface area contributed by atoms with Crippen molar-refractivity contribution in [1.82, 2.24) is 20.1 Å². The van der Waals surface area contributed by atoms with Crippen molar-refractivity contribution in [2.24, 2.45) is 0 Å². The Labute approximate surface area is 158 Å². The molecule has 2 bridgehead atoms. The molecule has 0 spiro atoms. The van der Waals surface area contributed by atoms with Crippen molar-refractivity contribution in [3.05, 3.63) is 0 Å². The Morgan fingerprint density at radius 2 is 2.04 bits per heavy atom. The Balaban J connectivity index is 1.58. The summed E-state index contributed by atoms with van der Waals surface area (Å²) in [5, 5.41) is 3.60. The van der Waals surface area contributed by atoms with Gasteiger partial charge in [-0.1, -0.05) is 0 Å². The van der Waals surface area contributed by atoms with E-state index in [1.807, 2.05) is 4.81 Å². The molecule has 0 unspecified atom stereocenters. The molecule has 0 aromatic carbocycles. The van der Waals surface area contributed by atoms with Crippen molar-refractivity contribution >= 4 is 35.9 Å². The van der Waals surface area contributed by atoms with Gasteiger partial charge in [0.1, 0.15) is 6.04 Å². The number of carbonyl (C=O) groups excluding carboxylic acids is 3. The first-order chi connectivity index (χ1) is 12.8. The lowest BCUT2D eigenvalue weighted by molar-refractivity contribution is -0.126. The fraction of sp³-hybridized carbons (Fsp3) is 0.786. The number of hydroxylamine groups is 2. The minimum Gasteiger partial charge on any atom is -0.352 e. The Hall–Kier alpha value is -1.70. The molecule has 11 nitrogen and oxygen atoms in total. The molecule has 3 rings (SSSR count). The molecular formula is C14H22BN4O7S. The summed E-state index contributed by atoms with van der Waals surface area (Å²) in [5.74, 6) is -0.284. The highest BCUT2D eigenvalue weighted by Crippen LogP contribution is 2.30. The number of amides is 3. The molecule has 0 aromatic rings. The van der Waals surface area contributed by atoms with Gasteiger partial charge in [-0.15, -0.1) is 4.28 Å². The lowest BCUT2D eigenvalue weighted by atomic mass is 9.94. The van der Waals surface area contributed by atoms with Crippen LogP contribution in [0, 0.1) is 0 Å². The van der Waals surface area contributed by atoms with E-state index in [1.54, 1.807) is 0 Å². The Kier molecular flexibility index (Phi) is 6.03. The molecule has 3 amide bonds. The third-order valence-corrected chi connectivity index (χ3v) is 5.53. The fourth-order valence-electron chi connectivity index (χ4n) is 3.90. The van der Waals surface area contributed by atoms with Crippen molar-refractivity contribution in [1.29, 1.82) is 0 Å². The molecule has 3 saturated heterocycles. The topological polar surface area (TPSA) is 137 Å². The number of hydrogen-bond donors (Lipinski definition) is 2. The molecule has 149 valence electrons. The number of fused-ring (bicyclic) bond motifs is 2. The van der Waals surface area contributed by atoms with Gasteiger partial charge in [-0.3, -0.25) is 9.35 Å². The highest BCUT2D eigenvalue weighted by Gasteiger charge is 2.49. The smallest absolute Gasteiger partial charge is 0.352 e. The van der Waals surface area contributed by atoms with Crippen molar-refractivity contribution in [3.63, 3.8) is 0 Å². The van der Waals surface area contributed by atoms with Gasteiger partial charge in [0, 0.05) is 12.6 Å². The first-order valence-corrected chi connectivity index (χ1v) is 10.2. The van der Waals surface area contributed by atoms with Crippen LogP contribution >= 0.6 is 0 Å². The summed E-state index contributed by atoms with van der Waals surface area (Å²) in [5.41, 5.74) is 0. The van der Waals surface area contributed by atoms with Gasteiger partial charge in [0.2, 0.25) is 5.91 Å². The second-order valence-electron chi connectivity index (χ2n) is 6.97. The molecule has 27 heavy (non-hydrogen) atoms. The van der Waals surface area contributed by atoms with E-state index in [4.69, 9.17) is 4.55 Å². The summed E-state index contributed by atoms with van der Waals surface area (Å²) < 4.78 is 35.0. The molecule has 0 aliphatic carbocycles. The van der Waals surface area contributed by atoms with Crippen LogP contribution in [0.15, 0.2) is 0 Å². The molecule has 3 fully saturated rings. The highest BCUT2D eigenvalue weighted by atomic mass is 32.3. The third-order valence-electron chi connectivity index (χ3n) is 5.18. The van der Waals surface area contributed by atoms with Crippen LogP contribution < -0.4 is 5.32 Å². The SMILES string of the molecule is O=C[B]N1CCC[C@H](NC(=O)[C@@H]2CC[C@@H]3CN2C(=O)N3OS(=O)(=O)O)CC1. The number of hydrogen-bond acceptors (Lipinski definition) is 7. The average Bonchev–Trinajstić information content (AvgIpc) is 2.76. The zero-order chi connectivity index (χ0) is 19.6. The highest BCUT2D eigenvalue weighted by molar-refractivity contribution is 7.80. The zero-order valence-corrected chi connectivity index (χ0v) is 15.5. The number of nitrogens with one attached hydrogen (secondary N) is 1. The largest absolute Gasteiger partial charge is 0.418 e. The van der Waals surface area contributed by atoms with Crippen LogP contribution in [-0.2, 0) is 24.3 Å². The van der Waals surface area contributed by atoms with Crippen LogP contribution in [0.5, 0.6) is 0 Å². The van der Waals surface area contributed by atoms with E-state index in [1.165, 1.54) is 12.3 Å². The van der Waals surface area contributed by atoms with Crippen LogP contribution in [0.2, 0.25) is 0 Å². The normalized spacial score (nSPS) is 29.4. The molecule has 3 aliphatic rings. The molecule has 3 atom stereocenters. The number of nitrogens with zero attached hydrogens (tertiary/aromatic N) is 3. The van der Waals surface area contributed by atoms with Gasteiger partial charge < -0.3 is 19.8 Å². The van der Waals surface area contributed by atoms with Crippen LogP contribution in [0.25, 0.3) is 0 Å². The second-order valence-corrected chi connectivity index (χ2v) is 7.97. The van der Waals surface area contributed by atoms with Gasteiger partial charge in [-0.05, 0) is 45.2 Å². The van der Waals surface area contributed by atoms with E-state index in [-0.39, 0.29) is 18.5 Å². The quantitative estimate of drug-likeness (QED) is 0.321. The van der Waals surface area contributed by atoms with E-state index < -0.39 is 28.5 Å². The molecule has 3 aliphatic heterocycles. The molecule has 0 aromatic heterocycles. The summed E-state index contributed by atoms with van der Waals surface area (Å²) in [7, 11) is -3.31. The van der Waals surface area contributed by atoms with E-state index in [2.05, 4.69) is 9.60 Å². The first-order valence-electron chi connectivity index (χ1n) is 8.88. The van der Waals surface area contributed by atoms with Gasteiger partial charge in [0.05, 0.1) is 12.2 Å². The third kappa shape index (κ3) is 4.78. The second kappa shape index (κ2) is 8.13. The minimum absolute atomic E-state index is 0.0526. The predicted octanol–water partition coefficient (Wildman–Crippen LogP) is -1.23. The van der Waals surface area contributed by atoms with Crippen LogP contribution in [-0.4, -0.2) is 91.0 Å². The lowest BCUT2D eigenvalue weighted by Gasteiger charge is -2.30. The van der Waals surface area contributed by atoms with Gasteiger partial charge >= 0.3 is 16.4 Å². The Morgan fingerprint density at radius 3 is 2.74 bits per heavy atom. The summed E-state index contributed by atoms with van der Waals surface area (Å²) in [4.78, 5) is 38.9. The van der Waals surface area contributed by atoms with Crippen LogP contribution in [0.3, 0.4) is 0 Å². The summed E-state index contributed by atoms with van der Waals surface area (Å²) in [6.07, 6.45) is 3.82. The van der Waals surface area contributed by atoms with Crippen LogP contribution in [0.1, 0.15) is 32.1 Å². The first kappa shape index (κ1) is 20.0. The van der Waals surface area contributed by atoms with E-state index in [9.17, 15) is 22.8 Å². The lowest BCUT2D eigenvalue weighted by Crippen LogP contribution is -2.52. The van der Waals surface area contributed by atoms with Crippen molar-refractivity contribution < 1.29 is 31.6 Å². The molecule has 0 saturated carbocycles. The van der Waals surface area contributed by atoms with Gasteiger partial charge in [-0.2, -0.15) is 13.5 Å². The molecule has 1 radical (unpaired) electrons. The molecular weight excluding hydrogens is 379 g/mol.